The lowest BCUT2D eigenvalue weighted by molar-refractivity contribution is -0.139. The lowest BCUT2D eigenvalue weighted by atomic mass is 9.88. The maximum atomic E-state index is 12.9. The predicted molar refractivity (Wildman–Crippen MR) is 149 cm³/mol. The first-order valence-electron chi connectivity index (χ1n) is 12.3. The number of carbonyl (C=O) groups excluding carboxylic acids is 1. The number of aromatic nitrogens is 1. The van der Waals surface area contributed by atoms with Gasteiger partial charge in [-0.1, -0.05) is 42.5 Å². The van der Waals surface area contributed by atoms with Crippen molar-refractivity contribution in [2.24, 2.45) is 0 Å². The summed E-state index contributed by atoms with van der Waals surface area (Å²) in [5.74, 6) is -0.894. The van der Waals surface area contributed by atoms with Gasteiger partial charge in [0.25, 0.3) is 5.91 Å². The average Bonchev–Trinajstić information content (AvgIpc) is 3.27. The highest BCUT2D eigenvalue weighted by Crippen LogP contribution is 2.34. The van der Waals surface area contributed by atoms with Crippen LogP contribution in [0, 0.1) is 0 Å². The minimum Gasteiger partial charge on any atom is -0.496 e. The molecule has 1 amide bonds. The molecule has 0 radical (unpaired) electrons. The van der Waals surface area contributed by atoms with Gasteiger partial charge < -0.3 is 29.6 Å². The molecule has 0 saturated carbocycles. The van der Waals surface area contributed by atoms with Crippen molar-refractivity contribution in [1.82, 2.24) is 10.3 Å². The van der Waals surface area contributed by atoms with E-state index >= 15 is 0 Å². The van der Waals surface area contributed by atoms with Gasteiger partial charge in [-0.15, -0.1) is 0 Å². The van der Waals surface area contributed by atoms with E-state index in [1.54, 1.807) is 14.2 Å². The number of rotatable bonds is 11. The van der Waals surface area contributed by atoms with Crippen LogP contribution >= 0.6 is 15.9 Å². The Kier molecular flexibility index (Phi) is 9.04. The number of para-hydroxylation sites is 1. The molecule has 38 heavy (non-hydrogen) atoms. The first-order chi connectivity index (χ1) is 18.4. The molecule has 1 heterocycles. The Hall–Kier alpha value is -3.40. The normalized spacial score (nSPS) is 16.3. The molecular weight excluding hydrogens is 552 g/mol. The number of carbonyl (C=O) groups is 2. The molecule has 3 N–H and O–H groups in total. The van der Waals surface area contributed by atoms with Crippen LogP contribution in [0.2, 0.25) is 0 Å². The molecule has 0 aliphatic heterocycles. The molecule has 1 aliphatic carbocycles. The Morgan fingerprint density at radius 3 is 2.53 bits per heavy atom. The van der Waals surface area contributed by atoms with Crippen molar-refractivity contribution in [3.63, 3.8) is 0 Å². The third kappa shape index (κ3) is 6.01. The number of aliphatic carboxylic acids is 1. The second-order valence-electron chi connectivity index (χ2n) is 8.98. The summed E-state index contributed by atoms with van der Waals surface area (Å²) in [5, 5.41) is 13.3. The van der Waals surface area contributed by atoms with Crippen LogP contribution in [0.5, 0.6) is 0 Å². The van der Waals surface area contributed by atoms with Gasteiger partial charge in [0.1, 0.15) is 17.5 Å². The Bertz CT molecular complexity index is 1380. The van der Waals surface area contributed by atoms with E-state index in [2.05, 4.69) is 26.2 Å². The molecule has 1 aliphatic rings. The summed E-state index contributed by atoms with van der Waals surface area (Å²) in [4.78, 5) is 28.0. The molecule has 8 nitrogen and oxygen atoms in total. The van der Waals surface area contributed by atoms with Crippen LogP contribution in [0.15, 0.2) is 70.4 Å². The Morgan fingerprint density at radius 2 is 1.89 bits per heavy atom. The molecule has 2 atom stereocenters. The fourth-order valence-corrected chi connectivity index (χ4v) is 5.23. The number of ether oxygens (including phenoxy) is 3. The van der Waals surface area contributed by atoms with Gasteiger partial charge in [-0.3, -0.25) is 4.79 Å². The van der Waals surface area contributed by atoms with Crippen LogP contribution in [-0.4, -0.2) is 61.5 Å². The number of aromatic amines is 1. The highest BCUT2D eigenvalue weighted by molar-refractivity contribution is 9.10. The summed E-state index contributed by atoms with van der Waals surface area (Å²) in [6.07, 6.45) is 2.61. The van der Waals surface area contributed by atoms with Gasteiger partial charge in [-0.2, -0.15) is 0 Å². The van der Waals surface area contributed by atoms with Gasteiger partial charge in [0.2, 0.25) is 0 Å². The van der Waals surface area contributed by atoms with E-state index in [0.717, 1.165) is 33.2 Å². The number of amides is 1. The zero-order valence-electron chi connectivity index (χ0n) is 21.5. The second-order valence-corrected chi connectivity index (χ2v) is 9.77. The third-order valence-corrected chi connectivity index (χ3v) is 7.37. The molecular formula is C29H31BrN2O6. The van der Waals surface area contributed by atoms with Crippen molar-refractivity contribution in [2.45, 2.75) is 31.9 Å². The van der Waals surface area contributed by atoms with Crippen molar-refractivity contribution in [3.05, 3.63) is 87.2 Å². The number of hydrogen-bond donors (Lipinski definition) is 3. The van der Waals surface area contributed by atoms with Gasteiger partial charge >= 0.3 is 5.97 Å². The number of nitrogens with one attached hydrogen (secondary N) is 2. The number of H-pyrrole nitrogens is 1. The van der Waals surface area contributed by atoms with E-state index < -0.39 is 17.9 Å². The summed E-state index contributed by atoms with van der Waals surface area (Å²) in [6.45, 7) is 3.11. The number of carboxylic acids is 1. The number of fused-ring (bicyclic) bond motifs is 1. The summed E-state index contributed by atoms with van der Waals surface area (Å²) < 4.78 is 17.6. The molecule has 2 aromatic carbocycles. The number of hydrogen-bond acceptors (Lipinski definition) is 5. The fourth-order valence-electron chi connectivity index (χ4n) is 4.60. The number of carboxylic acid groups (broad SMARTS) is 1. The molecule has 0 fully saturated rings. The number of benzene rings is 2. The quantitative estimate of drug-likeness (QED) is 0.290. The zero-order chi connectivity index (χ0) is 27.2. The van der Waals surface area contributed by atoms with E-state index in [-0.39, 0.29) is 18.2 Å². The molecule has 1 aromatic heterocycles. The SMILES string of the molecule is CCOCC1=CC(OC)=C(c2ccc(CC(NC(=O)c3[nH]c4ccccc4c3Br)C(=O)O)cc2)C(OC)C1. The predicted octanol–water partition coefficient (Wildman–Crippen LogP) is 5.10. The number of allylic oxidation sites excluding steroid dienone is 1. The molecule has 9 heteroatoms. The average molecular weight is 583 g/mol. The smallest absolute Gasteiger partial charge is 0.326 e. The van der Waals surface area contributed by atoms with Crippen LogP contribution in [0.25, 0.3) is 16.5 Å². The Balaban J connectivity index is 1.52. The first kappa shape index (κ1) is 27.6. The third-order valence-electron chi connectivity index (χ3n) is 6.54. The van der Waals surface area contributed by atoms with Crippen molar-refractivity contribution < 1.29 is 28.9 Å². The molecule has 0 spiro atoms. The van der Waals surface area contributed by atoms with Gasteiger partial charge in [0.05, 0.1) is 24.3 Å². The van der Waals surface area contributed by atoms with Crippen molar-refractivity contribution in [3.8, 4) is 0 Å². The van der Waals surface area contributed by atoms with E-state index in [0.29, 0.717) is 29.9 Å². The number of methoxy groups -OCH3 is 2. The van der Waals surface area contributed by atoms with Crippen LogP contribution in [-0.2, 0) is 25.4 Å². The zero-order valence-corrected chi connectivity index (χ0v) is 23.1. The van der Waals surface area contributed by atoms with Gasteiger partial charge in [-0.25, -0.2) is 4.79 Å². The Labute approximate surface area is 229 Å². The maximum absolute atomic E-state index is 12.9. The van der Waals surface area contributed by atoms with Gasteiger partial charge in [0.15, 0.2) is 0 Å². The van der Waals surface area contributed by atoms with Crippen LogP contribution in [0.3, 0.4) is 0 Å². The molecule has 2 unspecified atom stereocenters. The second kappa shape index (κ2) is 12.4. The lowest BCUT2D eigenvalue weighted by Crippen LogP contribution is -2.42. The molecule has 4 rings (SSSR count). The van der Waals surface area contributed by atoms with Gasteiger partial charge in [0, 0.05) is 43.0 Å². The van der Waals surface area contributed by atoms with E-state index in [4.69, 9.17) is 14.2 Å². The van der Waals surface area contributed by atoms with Crippen LogP contribution in [0.4, 0.5) is 0 Å². The first-order valence-corrected chi connectivity index (χ1v) is 13.1. The number of halogens is 1. The maximum Gasteiger partial charge on any atom is 0.326 e. The lowest BCUT2D eigenvalue weighted by Gasteiger charge is -2.27. The van der Waals surface area contributed by atoms with E-state index in [1.807, 2.05) is 61.5 Å². The molecule has 0 saturated heterocycles. The van der Waals surface area contributed by atoms with Crippen LogP contribution < -0.4 is 5.32 Å². The minimum absolute atomic E-state index is 0.126. The highest BCUT2D eigenvalue weighted by atomic mass is 79.9. The van der Waals surface area contributed by atoms with E-state index in [1.165, 1.54) is 0 Å². The highest BCUT2D eigenvalue weighted by Gasteiger charge is 2.27. The fraction of sp³-hybridized carbons (Fsp3) is 0.310. The van der Waals surface area contributed by atoms with Crippen molar-refractivity contribution in [2.75, 3.05) is 27.4 Å². The Morgan fingerprint density at radius 1 is 1.16 bits per heavy atom. The summed E-state index contributed by atoms with van der Waals surface area (Å²) in [6, 6.07) is 13.9. The summed E-state index contributed by atoms with van der Waals surface area (Å²) in [7, 11) is 3.30. The molecule has 200 valence electrons. The van der Waals surface area contributed by atoms with Crippen LogP contribution in [0.1, 0.15) is 35.0 Å². The molecule has 0 bridgehead atoms. The summed E-state index contributed by atoms with van der Waals surface area (Å²) >= 11 is 3.45. The monoisotopic (exact) mass is 582 g/mol. The summed E-state index contributed by atoms with van der Waals surface area (Å²) in [5.41, 5.74) is 4.78. The topological polar surface area (TPSA) is 110 Å². The van der Waals surface area contributed by atoms with E-state index in [9.17, 15) is 14.7 Å². The van der Waals surface area contributed by atoms with Gasteiger partial charge in [-0.05, 0) is 51.7 Å². The minimum atomic E-state index is -1.11. The molecule has 3 aromatic rings. The standard InChI is InChI=1S/C29H31BrN2O6/c1-4-38-16-18-14-23(36-2)25(24(15-18)37-3)19-11-9-17(10-12-19)13-22(29(34)35)32-28(33)27-26(30)20-7-5-6-8-21(20)31-27/h5-12,14,22,24,31H,4,13,15-16H2,1-3H3,(H,32,33)(H,34,35). The van der Waals surface area contributed by atoms with Crippen molar-refractivity contribution >= 4 is 44.3 Å². The largest absolute Gasteiger partial charge is 0.496 e. The van der Waals surface area contributed by atoms with Crippen molar-refractivity contribution in [1.29, 1.82) is 0 Å².